The van der Waals surface area contributed by atoms with E-state index in [2.05, 4.69) is 30.6 Å². The van der Waals surface area contributed by atoms with Gasteiger partial charge in [0.2, 0.25) is 0 Å². The predicted octanol–water partition coefficient (Wildman–Crippen LogP) is 1.13. The monoisotopic (exact) mass is 303 g/mol. The van der Waals surface area contributed by atoms with E-state index in [0.717, 1.165) is 41.5 Å². The lowest BCUT2D eigenvalue weighted by Crippen LogP contribution is -2.51. The molecule has 1 aromatic rings. The van der Waals surface area contributed by atoms with Gasteiger partial charge in [0.15, 0.2) is 0 Å². The van der Waals surface area contributed by atoms with Gasteiger partial charge in [-0.05, 0) is 22.8 Å². The third kappa shape index (κ3) is 3.27. The Hall–Kier alpha value is 0.0549. The van der Waals surface area contributed by atoms with Crippen molar-refractivity contribution in [3.8, 4) is 0 Å². The van der Waals surface area contributed by atoms with E-state index in [-0.39, 0.29) is 7.05 Å². The van der Waals surface area contributed by atoms with Crippen molar-refractivity contribution < 1.29 is 5.02 Å². The van der Waals surface area contributed by atoms with Gasteiger partial charge in [-0.3, -0.25) is 4.90 Å². The van der Waals surface area contributed by atoms with Gasteiger partial charge in [-0.25, -0.2) is 4.98 Å². The summed E-state index contributed by atoms with van der Waals surface area (Å²) in [7, 11) is -0.323. The summed E-state index contributed by atoms with van der Waals surface area (Å²) in [6, 6.07) is 0. The summed E-state index contributed by atoms with van der Waals surface area (Å²) < 4.78 is 1.09. The normalized spacial score (nSPS) is 18.9. The average molecular weight is 304 g/mol. The highest BCUT2D eigenvalue weighted by Crippen LogP contribution is 2.20. The van der Waals surface area contributed by atoms with Crippen molar-refractivity contribution in [2.75, 3.05) is 26.2 Å². The van der Waals surface area contributed by atoms with E-state index >= 15 is 0 Å². The van der Waals surface area contributed by atoms with Crippen molar-refractivity contribution in [3.63, 3.8) is 0 Å². The molecule has 1 fully saturated rings. The molecular weight excluding hydrogens is 289 g/mol. The van der Waals surface area contributed by atoms with Crippen LogP contribution in [-0.2, 0) is 6.54 Å². The van der Waals surface area contributed by atoms with E-state index < -0.39 is 0 Å². The highest BCUT2D eigenvalue weighted by atomic mass is 79.9. The maximum Gasteiger partial charge on any atom is 0.376 e. The molecule has 2 heterocycles. The first kappa shape index (κ1) is 12.5. The van der Waals surface area contributed by atoms with Gasteiger partial charge < -0.3 is 9.83 Å². The molecule has 2 rings (SSSR count). The Bertz CT molecular complexity index is 341. The molecular formula is C9H15BBrN3OS. The average Bonchev–Trinajstić information content (AvgIpc) is 2.65. The van der Waals surface area contributed by atoms with E-state index in [1.54, 1.807) is 11.3 Å². The molecule has 1 N–H and O–H groups in total. The number of nitrogens with zero attached hydrogens (tertiary/aromatic N) is 3. The summed E-state index contributed by atoms with van der Waals surface area (Å²) in [5, 5.41) is 10.6. The van der Waals surface area contributed by atoms with Gasteiger partial charge in [0.05, 0.1) is 16.5 Å². The van der Waals surface area contributed by atoms with Gasteiger partial charge in [-0.2, -0.15) is 0 Å². The zero-order chi connectivity index (χ0) is 11.5. The predicted molar refractivity (Wildman–Crippen MR) is 70.5 cm³/mol. The van der Waals surface area contributed by atoms with Crippen molar-refractivity contribution in [2.45, 2.75) is 13.4 Å². The third-order valence-electron chi connectivity index (χ3n) is 2.82. The zero-order valence-corrected chi connectivity index (χ0v) is 11.7. The van der Waals surface area contributed by atoms with E-state index in [4.69, 9.17) is 0 Å². The molecule has 0 aromatic carbocycles. The first-order valence-electron chi connectivity index (χ1n) is 5.40. The molecule has 0 saturated carbocycles. The van der Waals surface area contributed by atoms with Crippen LogP contribution in [0.5, 0.6) is 0 Å². The van der Waals surface area contributed by atoms with Crippen LogP contribution in [0.15, 0.2) is 9.98 Å². The molecule has 0 amide bonds. The lowest BCUT2D eigenvalue weighted by Gasteiger charge is -2.34. The van der Waals surface area contributed by atoms with Crippen LogP contribution in [0.4, 0.5) is 0 Å². The third-order valence-corrected chi connectivity index (χ3v) is 4.28. The van der Waals surface area contributed by atoms with Crippen molar-refractivity contribution in [2.24, 2.45) is 0 Å². The summed E-state index contributed by atoms with van der Waals surface area (Å²) in [5.41, 5.74) is 0. The van der Waals surface area contributed by atoms with Gasteiger partial charge in [0.25, 0.3) is 0 Å². The van der Waals surface area contributed by atoms with Crippen LogP contribution >= 0.6 is 27.3 Å². The van der Waals surface area contributed by atoms with Crippen LogP contribution in [0, 0.1) is 0 Å². The minimum atomic E-state index is -0.323. The Morgan fingerprint density at radius 1 is 1.50 bits per heavy atom. The Morgan fingerprint density at radius 2 is 2.19 bits per heavy atom. The van der Waals surface area contributed by atoms with Crippen LogP contribution in [0.1, 0.15) is 5.01 Å². The number of thiazole rings is 1. The summed E-state index contributed by atoms with van der Waals surface area (Å²) in [4.78, 5) is 8.80. The second-order valence-electron chi connectivity index (χ2n) is 4.00. The lowest BCUT2D eigenvalue weighted by atomic mass is 9.84. The Morgan fingerprint density at radius 3 is 2.69 bits per heavy atom. The molecule has 0 spiro atoms. The summed E-state index contributed by atoms with van der Waals surface area (Å²) in [6.45, 7) is 6.62. The maximum atomic E-state index is 9.45. The lowest BCUT2D eigenvalue weighted by molar-refractivity contribution is 0.169. The molecule has 0 radical (unpaired) electrons. The first-order chi connectivity index (χ1) is 7.65. The largest absolute Gasteiger partial charge is 0.437 e. The first-order valence-corrected chi connectivity index (χ1v) is 7.01. The molecule has 0 aliphatic carbocycles. The van der Waals surface area contributed by atoms with Crippen LogP contribution in [0.2, 0.25) is 6.82 Å². The summed E-state index contributed by atoms with van der Waals surface area (Å²) in [5.74, 6) is 0. The van der Waals surface area contributed by atoms with Crippen LogP contribution < -0.4 is 0 Å². The minimum absolute atomic E-state index is 0.323. The fourth-order valence-electron chi connectivity index (χ4n) is 1.85. The Balaban J connectivity index is 1.81. The van der Waals surface area contributed by atoms with E-state index in [1.165, 1.54) is 0 Å². The molecule has 1 aliphatic heterocycles. The van der Waals surface area contributed by atoms with E-state index in [1.807, 2.05) is 13.0 Å². The molecule has 1 saturated heterocycles. The second-order valence-corrected chi connectivity index (χ2v) is 6.50. The van der Waals surface area contributed by atoms with E-state index in [9.17, 15) is 5.02 Å². The van der Waals surface area contributed by atoms with Gasteiger partial charge >= 0.3 is 7.05 Å². The van der Waals surface area contributed by atoms with Gasteiger partial charge in [0.1, 0.15) is 5.01 Å². The zero-order valence-electron chi connectivity index (χ0n) is 9.27. The minimum Gasteiger partial charge on any atom is -0.437 e. The fourth-order valence-corrected chi connectivity index (χ4v) is 3.19. The number of aromatic nitrogens is 1. The molecule has 0 atom stereocenters. The van der Waals surface area contributed by atoms with Crippen LogP contribution in [-0.4, -0.2) is 52.9 Å². The maximum absolute atomic E-state index is 9.45. The summed E-state index contributed by atoms with van der Waals surface area (Å²) >= 11 is 5.11. The molecule has 16 heavy (non-hydrogen) atoms. The van der Waals surface area contributed by atoms with Gasteiger partial charge in [-0.15, -0.1) is 11.3 Å². The second kappa shape index (κ2) is 5.60. The molecule has 88 valence electrons. The Labute approximate surface area is 109 Å². The van der Waals surface area contributed by atoms with Gasteiger partial charge in [-0.1, -0.05) is 0 Å². The molecule has 7 heteroatoms. The fraction of sp³-hybridized carbons (Fsp3) is 0.667. The Kier molecular flexibility index (Phi) is 4.37. The number of hydrogen-bond acceptors (Lipinski definition) is 5. The number of piperazine rings is 1. The van der Waals surface area contributed by atoms with Crippen LogP contribution in [0.3, 0.4) is 0 Å². The molecule has 1 aromatic heterocycles. The highest BCUT2D eigenvalue weighted by molar-refractivity contribution is 9.11. The molecule has 0 bridgehead atoms. The topological polar surface area (TPSA) is 39.6 Å². The molecule has 1 aliphatic rings. The smallest absolute Gasteiger partial charge is 0.376 e. The SMILES string of the molecule is CB(O)N1CCN(Cc2ncc(Br)s2)CC1. The molecule has 0 unspecified atom stereocenters. The van der Waals surface area contributed by atoms with Crippen molar-refractivity contribution >= 4 is 34.3 Å². The standard InChI is InChI=1S/C9H15BBrN3OS/c1-10(15)14-4-2-13(3-5-14)7-9-12-6-8(11)16-9/h6,15H,2-5,7H2,1H3. The van der Waals surface area contributed by atoms with Crippen molar-refractivity contribution in [1.29, 1.82) is 0 Å². The van der Waals surface area contributed by atoms with Crippen LogP contribution in [0.25, 0.3) is 0 Å². The number of halogens is 1. The number of hydrogen-bond donors (Lipinski definition) is 1. The number of rotatable bonds is 3. The van der Waals surface area contributed by atoms with Crippen molar-refractivity contribution in [1.82, 2.24) is 14.7 Å². The van der Waals surface area contributed by atoms with Gasteiger partial charge in [0, 0.05) is 26.2 Å². The highest BCUT2D eigenvalue weighted by Gasteiger charge is 2.22. The van der Waals surface area contributed by atoms with Crippen molar-refractivity contribution in [3.05, 3.63) is 15.0 Å². The summed E-state index contributed by atoms with van der Waals surface area (Å²) in [6.07, 6.45) is 1.85. The quantitative estimate of drug-likeness (QED) is 0.850. The van der Waals surface area contributed by atoms with E-state index in [0.29, 0.717) is 0 Å². The molecule has 4 nitrogen and oxygen atoms in total.